The van der Waals surface area contributed by atoms with Gasteiger partial charge in [0.05, 0.1) is 6.54 Å². The second kappa shape index (κ2) is 8.03. The maximum atomic E-state index is 12.1. The van der Waals surface area contributed by atoms with Crippen LogP contribution in [0.25, 0.3) is 0 Å². The van der Waals surface area contributed by atoms with E-state index in [2.05, 4.69) is 17.1 Å². The minimum atomic E-state index is 0.0147. The Balaban J connectivity index is 1.69. The van der Waals surface area contributed by atoms with Gasteiger partial charge in [-0.15, -0.1) is 0 Å². The molecule has 5 heteroatoms. The van der Waals surface area contributed by atoms with Crippen LogP contribution in [0.3, 0.4) is 0 Å². The third kappa shape index (κ3) is 4.37. The number of nitrogens with one attached hydrogen (secondary N) is 1. The lowest BCUT2D eigenvalue weighted by molar-refractivity contribution is 0.142. The molecule has 0 bridgehead atoms. The topological polar surface area (TPSA) is 44.8 Å². The van der Waals surface area contributed by atoms with Gasteiger partial charge in [0.2, 0.25) is 0 Å². The number of likely N-dealkylation sites (N-methyl/N-ethyl adjacent to an activating group) is 1. The summed E-state index contributed by atoms with van der Waals surface area (Å²) in [6.07, 6.45) is 0. The monoisotopic (exact) mass is 305 g/mol. The van der Waals surface area contributed by atoms with Gasteiger partial charge in [-0.25, -0.2) is 4.79 Å². The van der Waals surface area contributed by atoms with Crippen LogP contribution in [0, 0.1) is 13.8 Å². The highest BCUT2D eigenvalue weighted by molar-refractivity contribution is 5.74. The lowest BCUT2D eigenvalue weighted by Gasteiger charge is -2.33. The van der Waals surface area contributed by atoms with Gasteiger partial charge in [0.25, 0.3) is 0 Å². The number of nitrogens with zero attached hydrogens (tertiary/aromatic N) is 2. The first-order chi connectivity index (χ1) is 10.6. The lowest BCUT2D eigenvalue weighted by atomic mass is 10.1. The van der Waals surface area contributed by atoms with Crippen LogP contribution >= 0.6 is 0 Å². The summed E-state index contributed by atoms with van der Waals surface area (Å²) < 4.78 is 5.80. The lowest BCUT2D eigenvalue weighted by Crippen LogP contribution is -2.52. The van der Waals surface area contributed by atoms with Gasteiger partial charge in [0.1, 0.15) is 12.4 Å². The molecule has 22 heavy (non-hydrogen) atoms. The van der Waals surface area contributed by atoms with E-state index in [0.29, 0.717) is 13.2 Å². The predicted octanol–water partition coefficient (Wildman–Crippen LogP) is 2.03. The molecule has 0 spiro atoms. The van der Waals surface area contributed by atoms with Crippen molar-refractivity contribution in [2.75, 3.05) is 45.9 Å². The number of rotatable bonds is 5. The second-order valence-corrected chi connectivity index (χ2v) is 5.72. The minimum Gasteiger partial charge on any atom is -0.491 e. The average Bonchev–Trinajstić information content (AvgIpc) is 2.53. The zero-order chi connectivity index (χ0) is 15.9. The first-order valence-electron chi connectivity index (χ1n) is 8.06. The van der Waals surface area contributed by atoms with E-state index in [0.717, 1.165) is 49.6 Å². The van der Waals surface area contributed by atoms with Crippen LogP contribution < -0.4 is 10.1 Å². The SMILES string of the molecule is CCN1CCN(C(=O)NCCOc2c(C)cccc2C)CC1. The fraction of sp³-hybridized carbons (Fsp3) is 0.588. The molecule has 1 aliphatic rings. The maximum Gasteiger partial charge on any atom is 0.317 e. The molecule has 1 fully saturated rings. The van der Waals surface area contributed by atoms with Crippen LogP contribution in [0.1, 0.15) is 18.1 Å². The van der Waals surface area contributed by atoms with E-state index in [4.69, 9.17) is 4.74 Å². The van der Waals surface area contributed by atoms with E-state index in [1.807, 2.05) is 36.9 Å². The fourth-order valence-corrected chi connectivity index (χ4v) is 2.72. The number of aryl methyl sites for hydroxylation is 2. The molecule has 122 valence electrons. The van der Waals surface area contributed by atoms with E-state index >= 15 is 0 Å². The molecule has 0 radical (unpaired) electrons. The Labute approximate surface area is 133 Å². The van der Waals surface area contributed by atoms with Gasteiger partial charge in [-0.2, -0.15) is 0 Å². The number of urea groups is 1. The van der Waals surface area contributed by atoms with E-state index in [1.165, 1.54) is 0 Å². The molecule has 1 saturated heterocycles. The number of hydrogen-bond donors (Lipinski definition) is 1. The number of amides is 2. The zero-order valence-electron chi connectivity index (χ0n) is 13.9. The Morgan fingerprint density at radius 1 is 1.18 bits per heavy atom. The molecule has 1 heterocycles. The quantitative estimate of drug-likeness (QED) is 0.847. The molecule has 0 aromatic heterocycles. The van der Waals surface area contributed by atoms with Crippen molar-refractivity contribution >= 4 is 6.03 Å². The Morgan fingerprint density at radius 3 is 2.41 bits per heavy atom. The third-order valence-electron chi connectivity index (χ3n) is 4.14. The van der Waals surface area contributed by atoms with Crippen molar-refractivity contribution in [1.29, 1.82) is 0 Å². The highest BCUT2D eigenvalue weighted by Gasteiger charge is 2.19. The van der Waals surface area contributed by atoms with Gasteiger partial charge in [-0.3, -0.25) is 0 Å². The number of ether oxygens (including phenoxy) is 1. The van der Waals surface area contributed by atoms with Gasteiger partial charge >= 0.3 is 6.03 Å². The summed E-state index contributed by atoms with van der Waals surface area (Å²) in [5.41, 5.74) is 2.25. The number of carbonyl (C=O) groups is 1. The van der Waals surface area contributed by atoms with Crippen LogP contribution in [0.2, 0.25) is 0 Å². The molecule has 2 amide bonds. The Morgan fingerprint density at radius 2 is 1.82 bits per heavy atom. The summed E-state index contributed by atoms with van der Waals surface area (Å²) in [4.78, 5) is 16.3. The van der Waals surface area contributed by atoms with E-state index in [-0.39, 0.29) is 6.03 Å². The molecule has 1 aromatic carbocycles. The maximum absolute atomic E-state index is 12.1. The zero-order valence-corrected chi connectivity index (χ0v) is 13.9. The van der Waals surface area contributed by atoms with Crippen molar-refractivity contribution in [3.05, 3.63) is 29.3 Å². The summed E-state index contributed by atoms with van der Waals surface area (Å²) in [5, 5.41) is 2.94. The Kier molecular flexibility index (Phi) is 6.07. The van der Waals surface area contributed by atoms with Crippen LogP contribution in [0.5, 0.6) is 5.75 Å². The van der Waals surface area contributed by atoms with E-state index in [1.54, 1.807) is 0 Å². The van der Waals surface area contributed by atoms with E-state index in [9.17, 15) is 4.79 Å². The van der Waals surface area contributed by atoms with Crippen LogP contribution in [0.15, 0.2) is 18.2 Å². The van der Waals surface area contributed by atoms with Crippen molar-refractivity contribution in [1.82, 2.24) is 15.1 Å². The smallest absolute Gasteiger partial charge is 0.317 e. The third-order valence-corrected chi connectivity index (χ3v) is 4.14. The number of benzene rings is 1. The van der Waals surface area contributed by atoms with Crippen LogP contribution in [-0.2, 0) is 0 Å². The number of piperazine rings is 1. The molecule has 0 atom stereocenters. The standard InChI is InChI=1S/C17H27N3O2/c1-4-19-9-11-20(12-10-19)17(21)18-8-13-22-16-14(2)6-5-7-15(16)3/h5-7H,4,8-13H2,1-3H3,(H,18,21). The molecular formula is C17H27N3O2. The van der Waals surface area contributed by atoms with Gasteiger partial charge < -0.3 is 19.9 Å². The first kappa shape index (κ1) is 16.6. The molecule has 2 rings (SSSR count). The molecule has 0 aliphatic carbocycles. The Bertz CT molecular complexity index is 476. The number of para-hydroxylation sites is 1. The molecule has 1 aliphatic heterocycles. The molecule has 5 nitrogen and oxygen atoms in total. The molecular weight excluding hydrogens is 278 g/mol. The van der Waals surface area contributed by atoms with Crippen molar-refractivity contribution < 1.29 is 9.53 Å². The summed E-state index contributed by atoms with van der Waals surface area (Å²) in [6, 6.07) is 6.11. The van der Waals surface area contributed by atoms with Crippen molar-refractivity contribution in [3.8, 4) is 5.75 Å². The van der Waals surface area contributed by atoms with Crippen LogP contribution in [0.4, 0.5) is 4.79 Å². The summed E-state index contributed by atoms with van der Waals surface area (Å²) >= 11 is 0. The second-order valence-electron chi connectivity index (χ2n) is 5.72. The summed E-state index contributed by atoms with van der Waals surface area (Å²) in [7, 11) is 0. The molecule has 1 aromatic rings. The van der Waals surface area contributed by atoms with Gasteiger partial charge in [0, 0.05) is 26.2 Å². The summed E-state index contributed by atoms with van der Waals surface area (Å²) in [5.74, 6) is 0.924. The fourth-order valence-electron chi connectivity index (χ4n) is 2.72. The van der Waals surface area contributed by atoms with Gasteiger partial charge in [-0.05, 0) is 31.5 Å². The normalized spacial score (nSPS) is 15.7. The molecule has 0 unspecified atom stereocenters. The van der Waals surface area contributed by atoms with Crippen molar-refractivity contribution in [3.63, 3.8) is 0 Å². The average molecular weight is 305 g/mol. The molecule has 1 N–H and O–H groups in total. The first-order valence-corrected chi connectivity index (χ1v) is 8.06. The largest absolute Gasteiger partial charge is 0.491 e. The number of carbonyl (C=O) groups excluding carboxylic acids is 1. The van der Waals surface area contributed by atoms with Crippen molar-refractivity contribution in [2.24, 2.45) is 0 Å². The van der Waals surface area contributed by atoms with Crippen LogP contribution in [-0.4, -0.2) is 61.7 Å². The minimum absolute atomic E-state index is 0.0147. The van der Waals surface area contributed by atoms with Crippen molar-refractivity contribution in [2.45, 2.75) is 20.8 Å². The van der Waals surface area contributed by atoms with E-state index < -0.39 is 0 Å². The highest BCUT2D eigenvalue weighted by Crippen LogP contribution is 2.21. The van der Waals surface area contributed by atoms with Gasteiger partial charge in [-0.1, -0.05) is 25.1 Å². The van der Waals surface area contributed by atoms with Gasteiger partial charge in [0.15, 0.2) is 0 Å². The predicted molar refractivity (Wildman–Crippen MR) is 88.5 cm³/mol. The Hall–Kier alpha value is -1.75. The summed E-state index contributed by atoms with van der Waals surface area (Å²) in [6.45, 7) is 11.8. The molecule has 0 saturated carbocycles. The highest BCUT2D eigenvalue weighted by atomic mass is 16.5. The number of hydrogen-bond acceptors (Lipinski definition) is 3.